The van der Waals surface area contributed by atoms with E-state index in [-0.39, 0.29) is 17.4 Å². The first kappa shape index (κ1) is 16.2. The number of methoxy groups -OCH3 is 1. The SMILES string of the molecule is COCC(C)(C)COCC(C)(C)COC(N)=O. The topological polar surface area (TPSA) is 70.8 Å². The third-order valence-electron chi connectivity index (χ3n) is 2.13. The van der Waals surface area contributed by atoms with Crippen molar-refractivity contribution < 1.29 is 19.0 Å². The quantitative estimate of drug-likeness (QED) is 0.710. The summed E-state index contributed by atoms with van der Waals surface area (Å²) in [4.78, 5) is 10.5. The lowest BCUT2D eigenvalue weighted by Crippen LogP contribution is -2.32. The zero-order valence-electron chi connectivity index (χ0n) is 11.5. The van der Waals surface area contributed by atoms with Gasteiger partial charge in [0.15, 0.2) is 0 Å². The summed E-state index contributed by atoms with van der Waals surface area (Å²) in [6.07, 6.45) is -0.752. The van der Waals surface area contributed by atoms with E-state index in [0.717, 1.165) is 0 Å². The van der Waals surface area contributed by atoms with Crippen LogP contribution in [0.2, 0.25) is 0 Å². The van der Waals surface area contributed by atoms with Gasteiger partial charge in [0, 0.05) is 17.9 Å². The van der Waals surface area contributed by atoms with Crippen molar-refractivity contribution in [2.75, 3.05) is 33.5 Å². The average molecular weight is 247 g/mol. The zero-order chi connectivity index (χ0) is 13.5. The number of carbonyl (C=O) groups excluding carboxylic acids is 1. The minimum Gasteiger partial charge on any atom is -0.449 e. The van der Waals surface area contributed by atoms with E-state index in [0.29, 0.717) is 19.8 Å². The Kier molecular flexibility index (Phi) is 6.49. The molecule has 0 spiro atoms. The number of nitrogens with two attached hydrogens (primary N) is 1. The fourth-order valence-electron chi connectivity index (χ4n) is 1.34. The predicted molar refractivity (Wildman–Crippen MR) is 65.8 cm³/mol. The van der Waals surface area contributed by atoms with Crippen molar-refractivity contribution in [1.29, 1.82) is 0 Å². The summed E-state index contributed by atoms with van der Waals surface area (Å²) in [6.45, 7) is 10.1. The molecule has 5 nitrogen and oxygen atoms in total. The molecule has 0 saturated heterocycles. The van der Waals surface area contributed by atoms with E-state index in [1.165, 1.54) is 0 Å². The summed E-state index contributed by atoms with van der Waals surface area (Å²) < 4.78 is 15.5. The van der Waals surface area contributed by atoms with Crippen LogP contribution in [-0.4, -0.2) is 39.6 Å². The van der Waals surface area contributed by atoms with E-state index >= 15 is 0 Å². The summed E-state index contributed by atoms with van der Waals surface area (Å²) in [5.74, 6) is 0. The van der Waals surface area contributed by atoms with E-state index in [2.05, 4.69) is 13.8 Å². The summed E-state index contributed by atoms with van der Waals surface area (Å²) in [7, 11) is 1.67. The molecule has 0 aliphatic rings. The summed E-state index contributed by atoms with van der Waals surface area (Å²) in [5, 5.41) is 0. The van der Waals surface area contributed by atoms with Crippen molar-refractivity contribution in [3.8, 4) is 0 Å². The van der Waals surface area contributed by atoms with Gasteiger partial charge in [-0.2, -0.15) is 0 Å². The van der Waals surface area contributed by atoms with Crippen LogP contribution in [0.4, 0.5) is 4.79 Å². The minimum atomic E-state index is -0.752. The largest absolute Gasteiger partial charge is 0.449 e. The highest BCUT2D eigenvalue weighted by atomic mass is 16.5. The number of amides is 1. The molecule has 0 saturated carbocycles. The van der Waals surface area contributed by atoms with Gasteiger partial charge in [-0.3, -0.25) is 0 Å². The molecule has 0 aromatic carbocycles. The normalized spacial score (nSPS) is 12.5. The molecule has 102 valence electrons. The Hall–Kier alpha value is -0.810. The highest BCUT2D eigenvalue weighted by Gasteiger charge is 2.23. The maximum absolute atomic E-state index is 10.5. The van der Waals surface area contributed by atoms with Crippen molar-refractivity contribution >= 4 is 6.09 Å². The number of ether oxygens (including phenoxy) is 3. The number of primary amides is 1. The average Bonchev–Trinajstić information content (AvgIpc) is 2.14. The second kappa shape index (κ2) is 6.81. The first-order valence-electron chi connectivity index (χ1n) is 5.67. The van der Waals surface area contributed by atoms with Crippen molar-refractivity contribution in [3.05, 3.63) is 0 Å². The van der Waals surface area contributed by atoms with Gasteiger partial charge in [-0.25, -0.2) is 4.79 Å². The smallest absolute Gasteiger partial charge is 0.404 e. The molecule has 0 unspecified atom stereocenters. The lowest BCUT2D eigenvalue weighted by molar-refractivity contribution is -0.0291. The van der Waals surface area contributed by atoms with Gasteiger partial charge >= 0.3 is 6.09 Å². The highest BCUT2D eigenvalue weighted by Crippen LogP contribution is 2.20. The molecule has 0 aromatic heterocycles. The van der Waals surface area contributed by atoms with Crippen molar-refractivity contribution in [2.45, 2.75) is 27.7 Å². The lowest BCUT2D eigenvalue weighted by Gasteiger charge is -2.28. The molecule has 0 aliphatic carbocycles. The van der Waals surface area contributed by atoms with Gasteiger partial charge in [0.1, 0.15) is 6.61 Å². The molecule has 0 aromatic rings. The highest BCUT2D eigenvalue weighted by molar-refractivity contribution is 5.64. The molecule has 0 radical (unpaired) electrons. The Morgan fingerprint density at radius 2 is 1.47 bits per heavy atom. The van der Waals surface area contributed by atoms with Crippen LogP contribution in [-0.2, 0) is 14.2 Å². The van der Waals surface area contributed by atoms with Crippen molar-refractivity contribution in [3.63, 3.8) is 0 Å². The third kappa shape index (κ3) is 8.94. The Bertz CT molecular complexity index is 239. The van der Waals surface area contributed by atoms with E-state index in [1.807, 2.05) is 13.8 Å². The monoisotopic (exact) mass is 247 g/mol. The molecule has 0 fully saturated rings. The lowest BCUT2D eigenvalue weighted by atomic mass is 9.94. The van der Waals surface area contributed by atoms with Crippen LogP contribution in [0, 0.1) is 10.8 Å². The number of rotatable bonds is 8. The van der Waals surface area contributed by atoms with E-state index < -0.39 is 6.09 Å². The molecule has 0 aliphatic heterocycles. The molecular weight excluding hydrogens is 222 g/mol. The van der Waals surface area contributed by atoms with Crippen molar-refractivity contribution in [2.24, 2.45) is 16.6 Å². The Morgan fingerprint density at radius 3 is 1.88 bits per heavy atom. The second-order valence-corrected chi connectivity index (χ2v) is 5.86. The van der Waals surface area contributed by atoms with Crippen LogP contribution in [0.3, 0.4) is 0 Å². The fourth-order valence-corrected chi connectivity index (χ4v) is 1.34. The van der Waals surface area contributed by atoms with Crippen LogP contribution in [0.15, 0.2) is 0 Å². The van der Waals surface area contributed by atoms with E-state index in [1.54, 1.807) is 7.11 Å². The molecule has 0 heterocycles. The standard InChI is InChI=1S/C12H25NO4/c1-11(2,6-15-5)7-16-8-12(3,4)9-17-10(13)14/h6-9H2,1-5H3,(H2,13,14). The van der Waals surface area contributed by atoms with Crippen LogP contribution in [0.1, 0.15) is 27.7 Å². The van der Waals surface area contributed by atoms with Crippen LogP contribution >= 0.6 is 0 Å². The predicted octanol–water partition coefficient (Wildman–Crippen LogP) is 1.80. The number of hydrogen-bond donors (Lipinski definition) is 1. The maximum atomic E-state index is 10.5. The second-order valence-electron chi connectivity index (χ2n) is 5.86. The Balaban J connectivity index is 3.89. The molecule has 0 bridgehead atoms. The van der Waals surface area contributed by atoms with Crippen LogP contribution in [0.5, 0.6) is 0 Å². The third-order valence-corrected chi connectivity index (χ3v) is 2.13. The zero-order valence-corrected chi connectivity index (χ0v) is 11.5. The van der Waals surface area contributed by atoms with Gasteiger partial charge in [-0.05, 0) is 0 Å². The van der Waals surface area contributed by atoms with Gasteiger partial charge in [0.2, 0.25) is 0 Å². The number of hydrogen-bond acceptors (Lipinski definition) is 4. The Morgan fingerprint density at radius 1 is 1.00 bits per heavy atom. The van der Waals surface area contributed by atoms with Gasteiger partial charge in [-0.1, -0.05) is 27.7 Å². The molecule has 1 amide bonds. The molecule has 0 rings (SSSR count). The molecular formula is C12H25NO4. The fraction of sp³-hybridized carbons (Fsp3) is 0.917. The van der Waals surface area contributed by atoms with E-state index in [9.17, 15) is 4.79 Å². The minimum absolute atomic E-state index is 0.0185. The molecule has 2 N–H and O–H groups in total. The van der Waals surface area contributed by atoms with Gasteiger partial charge in [0.05, 0.1) is 19.8 Å². The van der Waals surface area contributed by atoms with Crippen LogP contribution in [0.25, 0.3) is 0 Å². The molecule has 17 heavy (non-hydrogen) atoms. The number of carbonyl (C=O) groups is 1. The molecule has 0 atom stereocenters. The first-order valence-corrected chi connectivity index (χ1v) is 5.67. The van der Waals surface area contributed by atoms with E-state index in [4.69, 9.17) is 19.9 Å². The van der Waals surface area contributed by atoms with Crippen LogP contribution < -0.4 is 5.73 Å². The maximum Gasteiger partial charge on any atom is 0.404 e. The first-order chi connectivity index (χ1) is 7.68. The molecule has 5 heteroatoms. The van der Waals surface area contributed by atoms with Gasteiger partial charge < -0.3 is 19.9 Å². The summed E-state index contributed by atoms with van der Waals surface area (Å²) in [6, 6.07) is 0. The van der Waals surface area contributed by atoms with Crippen molar-refractivity contribution in [1.82, 2.24) is 0 Å². The Labute approximate surface area is 104 Å². The van der Waals surface area contributed by atoms with Gasteiger partial charge in [-0.15, -0.1) is 0 Å². The summed E-state index contributed by atoms with van der Waals surface area (Å²) >= 11 is 0. The summed E-state index contributed by atoms with van der Waals surface area (Å²) in [5.41, 5.74) is 4.66. The van der Waals surface area contributed by atoms with Gasteiger partial charge in [0.25, 0.3) is 0 Å².